The zero-order chi connectivity index (χ0) is 12.7. The van der Waals surface area contributed by atoms with Crippen LogP contribution in [-0.2, 0) is 16.1 Å². The summed E-state index contributed by atoms with van der Waals surface area (Å²) >= 11 is 1.02. The molecule has 0 atom stereocenters. The summed E-state index contributed by atoms with van der Waals surface area (Å²) in [5.74, 6) is -0.494. The van der Waals surface area contributed by atoms with Crippen LogP contribution in [0, 0.1) is 0 Å². The maximum atomic E-state index is 11.2. The summed E-state index contributed by atoms with van der Waals surface area (Å²) in [4.78, 5) is 35.3. The van der Waals surface area contributed by atoms with Crippen molar-refractivity contribution in [1.29, 1.82) is 0 Å². The third-order valence-electron chi connectivity index (χ3n) is 1.71. The number of aromatic amines is 1. The zero-order valence-corrected chi connectivity index (χ0v) is 10.1. The van der Waals surface area contributed by atoms with Gasteiger partial charge in [0.2, 0.25) is 0 Å². The number of ether oxygens (including phenoxy) is 1. The molecule has 1 aromatic heterocycles. The third-order valence-corrected chi connectivity index (χ3v) is 2.43. The fourth-order valence-electron chi connectivity index (χ4n) is 1.00. The minimum Gasteiger partial charge on any atom is -0.465 e. The van der Waals surface area contributed by atoms with Crippen molar-refractivity contribution >= 4 is 23.3 Å². The molecule has 7 nitrogen and oxygen atoms in total. The first-order valence-electron chi connectivity index (χ1n) is 4.95. The van der Waals surface area contributed by atoms with Crippen molar-refractivity contribution in [3.63, 3.8) is 0 Å². The Bertz CT molecular complexity index is 439. The summed E-state index contributed by atoms with van der Waals surface area (Å²) in [6.07, 6.45) is 0. The molecule has 0 unspecified atom stereocenters. The van der Waals surface area contributed by atoms with Gasteiger partial charge in [-0.05, 0) is 6.92 Å². The highest BCUT2D eigenvalue weighted by atomic mass is 32.1. The van der Waals surface area contributed by atoms with Crippen molar-refractivity contribution in [3.05, 3.63) is 20.7 Å². The number of hydrogen-bond donors (Lipinski definition) is 3. The Morgan fingerprint density at radius 1 is 1.47 bits per heavy atom. The van der Waals surface area contributed by atoms with Gasteiger partial charge in [-0.3, -0.25) is 9.59 Å². The molecule has 0 spiro atoms. The number of aromatic nitrogens is 1. The average Bonchev–Trinajstić information content (AvgIpc) is 2.70. The lowest BCUT2D eigenvalue weighted by Crippen LogP contribution is -2.38. The van der Waals surface area contributed by atoms with Crippen LogP contribution < -0.4 is 15.5 Å². The number of H-pyrrole nitrogens is 1. The maximum absolute atomic E-state index is 11.2. The van der Waals surface area contributed by atoms with Crippen LogP contribution >= 0.6 is 11.3 Å². The van der Waals surface area contributed by atoms with Crippen molar-refractivity contribution in [3.8, 4) is 0 Å². The smallest absolute Gasteiger partial charge is 0.325 e. The summed E-state index contributed by atoms with van der Waals surface area (Å²) < 4.78 is 4.63. The Balaban J connectivity index is 2.21. The Kier molecular flexibility index (Phi) is 5.21. The first-order chi connectivity index (χ1) is 8.11. The summed E-state index contributed by atoms with van der Waals surface area (Å²) in [5, 5.41) is 6.44. The van der Waals surface area contributed by atoms with E-state index in [9.17, 15) is 14.4 Å². The number of esters is 1. The number of urea groups is 1. The molecule has 1 rings (SSSR count). The van der Waals surface area contributed by atoms with E-state index in [0.29, 0.717) is 5.69 Å². The fraction of sp³-hybridized carbons (Fsp3) is 0.444. The van der Waals surface area contributed by atoms with Gasteiger partial charge < -0.3 is 20.4 Å². The van der Waals surface area contributed by atoms with Gasteiger partial charge in [-0.2, -0.15) is 0 Å². The molecule has 0 aliphatic carbocycles. The van der Waals surface area contributed by atoms with E-state index < -0.39 is 12.0 Å². The van der Waals surface area contributed by atoms with Gasteiger partial charge in [0.15, 0.2) is 0 Å². The van der Waals surface area contributed by atoms with Crippen molar-refractivity contribution in [2.45, 2.75) is 13.5 Å². The molecule has 0 fully saturated rings. The molecular formula is C9H13N3O4S. The Morgan fingerprint density at radius 2 is 2.24 bits per heavy atom. The molecule has 0 aliphatic rings. The molecule has 8 heteroatoms. The molecule has 2 amide bonds. The van der Waals surface area contributed by atoms with Crippen LogP contribution in [0.3, 0.4) is 0 Å². The molecular weight excluding hydrogens is 246 g/mol. The fourth-order valence-corrected chi connectivity index (χ4v) is 1.58. The van der Waals surface area contributed by atoms with Crippen LogP contribution in [-0.4, -0.2) is 30.1 Å². The summed E-state index contributed by atoms with van der Waals surface area (Å²) in [5.41, 5.74) is 0.617. The second kappa shape index (κ2) is 6.69. The summed E-state index contributed by atoms with van der Waals surface area (Å²) in [6, 6.07) is -0.495. The van der Waals surface area contributed by atoms with Crippen LogP contribution in [0.15, 0.2) is 10.2 Å². The summed E-state index contributed by atoms with van der Waals surface area (Å²) in [7, 11) is 0. The molecule has 0 radical (unpaired) electrons. The van der Waals surface area contributed by atoms with E-state index in [4.69, 9.17) is 0 Å². The van der Waals surface area contributed by atoms with Gasteiger partial charge in [-0.1, -0.05) is 11.3 Å². The first kappa shape index (κ1) is 13.2. The van der Waals surface area contributed by atoms with E-state index in [2.05, 4.69) is 20.4 Å². The van der Waals surface area contributed by atoms with Crippen molar-refractivity contribution in [1.82, 2.24) is 15.6 Å². The number of carbonyl (C=O) groups excluding carboxylic acids is 2. The lowest BCUT2D eigenvalue weighted by molar-refractivity contribution is -0.141. The van der Waals surface area contributed by atoms with E-state index in [1.54, 1.807) is 12.3 Å². The van der Waals surface area contributed by atoms with E-state index in [1.165, 1.54) is 0 Å². The standard InChI is InChI=1S/C9H13N3O4S/c1-2-16-7(13)4-11-8(14)10-3-6-5-17-9(15)12-6/h5H,2-4H2,1H3,(H,12,15)(H2,10,11,14). The molecule has 0 saturated carbocycles. The number of nitrogens with one attached hydrogen (secondary N) is 3. The van der Waals surface area contributed by atoms with Crippen molar-refractivity contribution in [2.24, 2.45) is 0 Å². The SMILES string of the molecule is CCOC(=O)CNC(=O)NCc1csc(=O)[nH]1. The lowest BCUT2D eigenvalue weighted by Gasteiger charge is -2.05. The van der Waals surface area contributed by atoms with E-state index in [1.807, 2.05) is 0 Å². The molecule has 94 valence electrons. The Hall–Kier alpha value is -1.83. The second-order valence-corrected chi connectivity index (χ2v) is 3.86. The van der Waals surface area contributed by atoms with Gasteiger partial charge in [0.05, 0.1) is 13.2 Å². The maximum Gasteiger partial charge on any atom is 0.325 e. The predicted octanol–water partition coefficient (Wildman–Crippen LogP) is -0.201. The monoisotopic (exact) mass is 259 g/mol. The van der Waals surface area contributed by atoms with Crippen LogP contribution in [0.1, 0.15) is 12.6 Å². The zero-order valence-electron chi connectivity index (χ0n) is 9.24. The Labute approximate surface area is 101 Å². The second-order valence-electron chi connectivity index (χ2n) is 3.01. The van der Waals surface area contributed by atoms with E-state index in [-0.39, 0.29) is 24.6 Å². The molecule has 3 N–H and O–H groups in total. The van der Waals surface area contributed by atoms with Gasteiger partial charge in [-0.15, -0.1) is 0 Å². The molecule has 1 heterocycles. The van der Waals surface area contributed by atoms with Crippen LogP contribution in [0.25, 0.3) is 0 Å². The summed E-state index contributed by atoms with van der Waals surface area (Å²) in [6.45, 7) is 1.98. The lowest BCUT2D eigenvalue weighted by atomic mass is 10.5. The highest BCUT2D eigenvalue weighted by Crippen LogP contribution is 1.93. The molecule has 0 aromatic carbocycles. The highest BCUT2D eigenvalue weighted by Gasteiger charge is 2.05. The van der Waals surface area contributed by atoms with Gasteiger partial charge >= 0.3 is 16.9 Å². The Morgan fingerprint density at radius 3 is 2.82 bits per heavy atom. The minimum atomic E-state index is -0.495. The normalized spacial score (nSPS) is 9.71. The molecule has 0 aliphatic heterocycles. The third kappa shape index (κ3) is 5.16. The van der Waals surface area contributed by atoms with Crippen LogP contribution in [0.2, 0.25) is 0 Å². The number of amides is 2. The number of hydrogen-bond acceptors (Lipinski definition) is 5. The average molecular weight is 259 g/mol. The molecule has 17 heavy (non-hydrogen) atoms. The first-order valence-corrected chi connectivity index (χ1v) is 5.83. The van der Waals surface area contributed by atoms with Crippen LogP contribution in [0.4, 0.5) is 4.79 Å². The van der Waals surface area contributed by atoms with Crippen molar-refractivity contribution < 1.29 is 14.3 Å². The van der Waals surface area contributed by atoms with Gasteiger partial charge in [0.1, 0.15) is 6.54 Å². The minimum absolute atomic E-state index is 0.172. The molecule has 0 saturated heterocycles. The van der Waals surface area contributed by atoms with Crippen LogP contribution in [0.5, 0.6) is 0 Å². The predicted molar refractivity (Wildman–Crippen MR) is 61.8 cm³/mol. The van der Waals surface area contributed by atoms with Gasteiger partial charge in [0.25, 0.3) is 0 Å². The van der Waals surface area contributed by atoms with E-state index >= 15 is 0 Å². The molecule has 0 bridgehead atoms. The van der Waals surface area contributed by atoms with Crippen molar-refractivity contribution in [2.75, 3.05) is 13.2 Å². The molecule has 1 aromatic rings. The number of carbonyl (C=O) groups is 2. The number of thiazole rings is 1. The number of rotatable bonds is 5. The van der Waals surface area contributed by atoms with Gasteiger partial charge in [0, 0.05) is 11.1 Å². The quantitative estimate of drug-likeness (QED) is 0.637. The van der Waals surface area contributed by atoms with E-state index in [0.717, 1.165) is 11.3 Å². The van der Waals surface area contributed by atoms with Gasteiger partial charge in [-0.25, -0.2) is 4.79 Å². The highest BCUT2D eigenvalue weighted by molar-refractivity contribution is 7.07. The topological polar surface area (TPSA) is 100 Å². The largest absolute Gasteiger partial charge is 0.465 e.